The molecule has 22 heavy (non-hydrogen) atoms. The summed E-state index contributed by atoms with van der Waals surface area (Å²) in [7, 11) is 0. The highest BCUT2D eigenvalue weighted by Crippen LogP contribution is 2.31. The fourth-order valence-corrected chi connectivity index (χ4v) is 3.38. The molecule has 1 aliphatic carbocycles. The number of fused-ring (bicyclic) bond motifs is 1. The first-order valence-corrected chi connectivity index (χ1v) is 8.34. The lowest BCUT2D eigenvalue weighted by Gasteiger charge is -2.24. The van der Waals surface area contributed by atoms with E-state index in [1.165, 1.54) is 43.2 Å². The molecule has 0 amide bonds. The van der Waals surface area contributed by atoms with Crippen molar-refractivity contribution in [1.82, 2.24) is 0 Å². The number of nitrogens with two attached hydrogens (primary N) is 1. The molecule has 0 saturated heterocycles. The van der Waals surface area contributed by atoms with Crippen molar-refractivity contribution in [3.8, 4) is 5.75 Å². The van der Waals surface area contributed by atoms with Crippen molar-refractivity contribution in [2.75, 3.05) is 5.73 Å². The van der Waals surface area contributed by atoms with Gasteiger partial charge in [-0.2, -0.15) is 0 Å². The monoisotopic (exact) mass is 295 g/mol. The third-order valence-electron chi connectivity index (χ3n) is 4.65. The van der Waals surface area contributed by atoms with E-state index in [0.717, 1.165) is 22.9 Å². The smallest absolute Gasteiger partial charge is 0.120 e. The van der Waals surface area contributed by atoms with Crippen molar-refractivity contribution in [1.29, 1.82) is 0 Å². The number of nitrogen functional groups attached to an aromatic ring is 1. The Morgan fingerprint density at radius 1 is 1.14 bits per heavy atom. The summed E-state index contributed by atoms with van der Waals surface area (Å²) in [5.74, 6) is 1.82. The van der Waals surface area contributed by atoms with Crippen LogP contribution in [0.5, 0.6) is 5.75 Å². The Balaban J connectivity index is 1.66. The molecule has 0 aliphatic heterocycles. The number of rotatable bonds is 5. The van der Waals surface area contributed by atoms with Crippen LogP contribution in [0.4, 0.5) is 5.69 Å². The molecule has 3 rings (SSSR count). The van der Waals surface area contributed by atoms with Crippen molar-refractivity contribution < 1.29 is 4.74 Å². The van der Waals surface area contributed by atoms with E-state index in [1.807, 2.05) is 24.3 Å². The molecule has 2 nitrogen and oxygen atoms in total. The van der Waals surface area contributed by atoms with E-state index >= 15 is 0 Å². The lowest BCUT2D eigenvalue weighted by atomic mass is 9.82. The fourth-order valence-electron chi connectivity index (χ4n) is 3.38. The van der Waals surface area contributed by atoms with Gasteiger partial charge in [-0.15, -0.1) is 0 Å². The third kappa shape index (κ3) is 3.44. The number of anilines is 1. The molecule has 2 aromatic rings. The average molecular weight is 295 g/mol. The minimum Gasteiger partial charge on any atom is -0.489 e. The molecule has 116 valence electrons. The van der Waals surface area contributed by atoms with Gasteiger partial charge in [0.2, 0.25) is 0 Å². The first-order valence-electron chi connectivity index (χ1n) is 8.34. The summed E-state index contributed by atoms with van der Waals surface area (Å²) in [6, 6.07) is 14.5. The van der Waals surface area contributed by atoms with Crippen molar-refractivity contribution in [2.45, 2.75) is 45.6 Å². The van der Waals surface area contributed by atoms with Gasteiger partial charge in [0.25, 0.3) is 0 Å². The molecule has 0 bridgehead atoms. The van der Waals surface area contributed by atoms with Gasteiger partial charge in [0.15, 0.2) is 0 Å². The van der Waals surface area contributed by atoms with Gasteiger partial charge >= 0.3 is 0 Å². The van der Waals surface area contributed by atoms with E-state index in [0.29, 0.717) is 6.61 Å². The molecule has 0 aromatic heterocycles. The summed E-state index contributed by atoms with van der Waals surface area (Å²) in [6.07, 6.45) is 6.38. The third-order valence-corrected chi connectivity index (χ3v) is 4.65. The number of benzene rings is 2. The van der Waals surface area contributed by atoms with Crippen LogP contribution in [0.1, 0.15) is 42.9 Å². The fraction of sp³-hybridized carbons (Fsp3) is 0.400. The normalized spacial score (nSPS) is 17.0. The van der Waals surface area contributed by atoms with Gasteiger partial charge in [0.1, 0.15) is 12.4 Å². The quantitative estimate of drug-likeness (QED) is 0.808. The molecular weight excluding hydrogens is 270 g/mol. The molecule has 0 unspecified atom stereocenters. The first-order chi connectivity index (χ1) is 10.8. The van der Waals surface area contributed by atoms with Crippen LogP contribution in [-0.4, -0.2) is 0 Å². The van der Waals surface area contributed by atoms with Gasteiger partial charge in [-0.25, -0.2) is 0 Å². The zero-order chi connectivity index (χ0) is 15.4. The topological polar surface area (TPSA) is 35.2 Å². The van der Waals surface area contributed by atoms with E-state index in [1.54, 1.807) is 0 Å². The summed E-state index contributed by atoms with van der Waals surface area (Å²) < 4.78 is 5.93. The van der Waals surface area contributed by atoms with Crippen LogP contribution in [0, 0.1) is 5.92 Å². The lowest BCUT2D eigenvalue weighted by Crippen LogP contribution is -2.14. The minimum absolute atomic E-state index is 0.532. The second-order valence-corrected chi connectivity index (χ2v) is 6.32. The Morgan fingerprint density at radius 2 is 2.00 bits per heavy atom. The molecule has 2 heteroatoms. The largest absolute Gasteiger partial charge is 0.489 e. The van der Waals surface area contributed by atoms with E-state index in [-0.39, 0.29) is 0 Å². The zero-order valence-electron chi connectivity index (χ0n) is 13.3. The minimum atomic E-state index is 0.532. The summed E-state index contributed by atoms with van der Waals surface area (Å²) in [5.41, 5.74) is 10.8. The number of para-hydroxylation sites is 1. The Bertz CT molecular complexity index is 635. The average Bonchev–Trinajstić information content (AvgIpc) is 2.54. The van der Waals surface area contributed by atoms with E-state index in [4.69, 9.17) is 10.5 Å². The number of aryl methyl sites for hydroxylation is 1. The highest BCUT2D eigenvalue weighted by molar-refractivity contribution is 5.46. The highest BCUT2D eigenvalue weighted by atomic mass is 16.5. The van der Waals surface area contributed by atoms with E-state index in [2.05, 4.69) is 25.1 Å². The molecule has 2 N–H and O–H groups in total. The molecule has 2 aromatic carbocycles. The van der Waals surface area contributed by atoms with Gasteiger partial charge in [-0.1, -0.05) is 44.0 Å². The Labute approximate surface area is 133 Å². The Hall–Kier alpha value is -1.96. The van der Waals surface area contributed by atoms with Crippen LogP contribution in [0.25, 0.3) is 0 Å². The van der Waals surface area contributed by atoms with Gasteiger partial charge in [-0.05, 0) is 54.5 Å². The molecular formula is C20H25NO. The second-order valence-electron chi connectivity index (χ2n) is 6.32. The highest BCUT2D eigenvalue weighted by Gasteiger charge is 2.18. The summed E-state index contributed by atoms with van der Waals surface area (Å²) in [5, 5.41) is 0. The van der Waals surface area contributed by atoms with Crippen LogP contribution in [0.15, 0.2) is 42.5 Å². The predicted molar refractivity (Wildman–Crippen MR) is 92.1 cm³/mol. The maximum Gasteiger partial charge on any atom is 0.120 e. The molecule has 0 fully saturated rings. The first kappa shape index (κ1) is 15.0. The van der Waals surface area contributed by atoms with Crippen molar-refractivity contribution in [3.63, 3.8) is 0 Å². The molecule has 0 radical (unpaired) electrons. The van der Waals surface area contributed by atoms with Crippen molar-refractivity contribution in [2.24, 2.45) is 5.92 Å². The van der Waals surface area contributed by atoms with Gasteiger partial charge < -0.3 is 10.5 Å². The van der Waals surface area contributed by atoms with Crippen molar-refractivity contribution in [3.05, 3.63) is 59.2 Å². The van der Waals surface area contributed by atoms with Gasteiger partial charge in [0.05, 0.1) is 0 Å². The number of hydrogen-bond donors (Lipinski definition) is 1. The molecule has 0 saturated carbocycles. The summed E-state index contributed by atoms with van der Waals surface area (Å²) >= 11 is 0. The van der Waals surface area contributed by atoms with Crippen LogP contribution in [-0.2, 0) is 19.4 Å². The Morgan fingerprint density at radius 3 is 2.82 bits per heavy atom. The van der Waals surface area contributed by atoms with E-state index in [9.17, 15) is 0 Å². The molecule has 1 aliphatic rings. The number of ether oxygens (including phenoxy) is 1. The maximum atomic E-state index is 5.96. The standard InChI is InChI=1S/C20H25NO/c1-2-5-15-8-9-17-13-19(11-10-16(17)12-15)22-14-18-6-3-4-7-20(18)21/h3-4,6-7,10-11,13,15H,2,5,8-9,12,14,21H2,1H3/t15-/m0/s1. The second kappa shape index (κ2) is 6.87. The predicted octanol–water partition coefficient (Wildman–Crippen LogP) is 4.75. The van der Waals surface area contributed by atoms with Crippen LogP contribution in [0.2, 0.25) is 0 Å². The Kier molecular flexibility index (Phi) is 4.67. The van der Waals surface area contributed by atoms with Crippen LogP contribution in [0.3, 0.4) is 0 Å². The lowest BCUT2D eigenvalue weighted by molar-refractivity contribution is 0.306. The summed E-state index contributed by atoms with van der Waals surface area (Å²) in [6.45, 7) is 2.81. The SMILES string of the molecule is CCC[C@H]1CCc2cc(OCc3ccccc3N)ccc2C1. The van der Waals surface area contributed by atoms with Crippen molar-refractivity contribution >= 4 is 5.69 Å². The molecule has 1 atom stereocenters. The van der Waals surface area contributed by atoms with Crippen LogP contribution < -0.4 is 10.5 Å². The van der Waals surface area contributed by atoms with E-state index < -0.39 is 0 Å². The molecule has 0 heterocycles. The van der Waals surface area contributed by atoms with Crippen LogP contribution >= 0.6 is 0 Å². The van der Waals surface area contributed by atoms with Gasteiger partial charge in [0, 0.05) is 11.3 Å². The maximum absolute atomic E-state index is 5.96. The van der Waals surface area contributed by atoms with Gasteiger partial charge in [-0.3, -0.25) is 0 Å². The zero-order valence-corrected chi connectivity index (χ0v) is 13.3. The number of hydrogen-bond acceptors (Lipinski definition) is 2. The molecule has 0 spiro atoms. The summed E-state index contributed by atoms with van der Waals surface area (Å²) in [4.78, 5) is 0.